The van der Waals surface area contributed by atoms with Crippen LogP contribution in [0.1, 0.15) is 23.3 Å². The van der Waals surface area contributed by atoms with Crippen LogP contribution < -0.4 is 0 Å². The summed E-state index contributed by atoms with van der Waals surface area (Å²) in [4.78, 5) is 19.5. The Bertz CT molecular complexity index is 586. The lowest BCUT2D eigenvalue weighted by atomic mass is 10.1. The van der Waals surface area contributed by atoms with E-state index < -0.39 is 0 Å². The largest absolute Gasteiger partial charge is 0.372 e. The molecule has 1 atom stereocenters. The fourth-order valence-corrected chi connectivity index (χ4v) is 3.37. The summed E-state index contributed by atoms with van der Waals surface area (Å²) in [6.45, 7) is 2.10. The van der Waals surface area contributed by atoms with E-state index >= 15 is 0 Å². The smallest absolute Gasteiger partial charge is 0.227 e. The van der Waals surface area contributed by atoms with Crippen LogP contribution in [0, 0.1) is 0 Å². The first-order chi connectivity index (χ1) is 10.8. The quantitative estimate of drug-likeness (QED) is 0.852. The minimum atomic E-state index is 0.126. The zero-order valence-corrected chi connectivity index (χ0v) is 13.3. The predicted octanol–water partition coefficient (Wildman–Crippen LogP) is 2.89. The van der Waals surface area contributed by atoms with Gasteiger partial charge >= 0.3 is 0 Å². The van der Waals surface area contributed by atoms with Gasteiger partial charge in [-0.3, -0.25) is 9.78 Å². The van der Waals surface area contributed by atoms with Crippen molar-refractivity contribution < 1.29 is 9.53 Å². The van der Waals surface area contributed by atoms with E-state index in [1.54, 1.807) is 17.5 Å². The zero-order chi connectivity index (χ0) is 15.2. The summed E-state index contributed by atoms with van der Waals surface area (Å²) in [5, 5.41) is 2.01. The van der Waals surface area contributed by atoms with Gasteiger partial charge in [0.1, 0.15) is 0 Å². The van der Waals surface area contributed by atoms with Crippen molar-refractivity contribution in [2.75, 3.05) is 13.1 Å². The first kappa shape index (κ1) is 15.2. The van der Waals surface area contributed by atoms with Crippen molar-refractivity contribution in [2.24, 2.45) is 0 Å². The molecule has 0 aliphatic carbocycles. The van der Waals surface area contributed by atoms with Crippen molar-refractivity contribution in [3.05, 3.63) is 52.5 Å². The minimum absolute atomic E-state index is 0.126. The molecular weight excluding hydrogens is 296 g/mol. The van der Waals surface area contributed by atoms with Crippen LogP contribution in [-0.2, 0) is 22.6 Å². The third-order valence-electron chi connectivity index (χ3n) is 3.84. The number of amides is 1. The molecule has 0 radical (unpaired) electrons. The van der Waals surface area contributed by atoms with Gasteiger partial charge < -0.3 is 9.64 Å². The van der Waals surface area contributed by atoms with Crippen LogP contribution in [-0.4, -0.2) is 35.0 Å². The number of ether oxygens (including phenoxy) is 1. The van der Waals surface area contributed by atoms with Gasteiger partial charge in [-0.2, -0.15) is 0 Å². The Balaban J connectivity index is 1.49. The van der Waals surface area contributed by atoms with E-state index in [0.717, 1.165) is 29.8 Å². The average molecular weight is 316 g/mol. The number of nitrogens with zero attached hydrogens (tertiary/aromatic N) is 2. The maximum absolute atomic E-state index is 12.4. The van der Waals surface area contributed by atoms with E-state index in [0.29, 0.717) is 19.6 Å². The summed E-state index contributed by atoms with van der Waals surface area (Å²) in [6, 6.07) is 7.93. The molecule has 2 aromatic heterocycles. The highest BCUT2D eigenvalue weighted by Gasteiger charge is 2.24. The molecular formula is C17H20N2O2S. The Kier molecular flexibility index (Phi) is 5.19. The van der Waals surface area contributed by atoms with E-state index in [1.807, 2.05) is 40.7 Å². The Morgan fingerprint density at radius 2 is 2.36 bits per heavy atom. The highest BCUT2D eigenvalue weighted by molar-refractivity contribution is 7.10. The number of hydrogen-bond acceptors (Lipinski definition) is 4. The number of likely N-dealkylation sites (tertiary alicyclic amines) is 1. The Morgan fingerprint density at radius 1 is 1.41 bits per heavy atom. The van der Waals surface area contributed by atoms with Crippen molar-refractivity contribution in [1.29, 1.82) is 0 Å². The molecule has 0 bridgehead atoms. The molecule has 3 rings (SSSR count). The lowest BCUT2D eigenvalue weighted by Crippen LogP contribution is -2.43. The second kappa shape index (κ2) is 7.51. The third-order valence-corrected chi connectivity index (χ3v) is 4.72. The van der Waals surface area contributed by atoms with Gasteiger partial charge in [0.2, 0.25) is 5.91 Å². The lowest BCUT2D eigenvalue weighted by Gasteiger charge is -2.32. The number of carbonyl (C=O) groups excluding carboxylic acids is 1. The minimum Gasteiger partial charge on any atom is -0.372 e. The van der Waals surface area contributed by atoms with Crippen LogP contribution in [0.3, 0.4) is 0 Å². The lowest BCUT2D eigenvalue weighted by molar-refractivity contribution is -0.134. The van der Waals surface area contributed by atoms with Crippen molar-refractivity contribution in [1.82, 2.24) is 9.88 Å². The molecule has 4 nitrogen and oxygen atoms in total. The average Bonchev–Trinajstić information content (AvgIpc) is 3.07. The molecule has 116 valence electrons. The molecule has 0 N–H and O–H groups in total. The predicted molar refractivity (Wildman–Crippen MR) is 86.7 cm³/mol. The van der Waals surface area contributed by atoms with Gasteiger partial charge in [-0.25, -0.2) is 0 Å². The monoisotopic (exact) mass is 316 g/mol. The van der Waals surface area contributed by atoms with Gasteiger partial charge in [-0.15, -0.1) is 11.3 Å². The molecule has 0 unspecified atom stereocenters. The molecule has 1 aliphatic rings. The summed E-state index contributed by atoms with van der Waals surface area (Å²) in [7, 11) is 0. The molecule has 0 spiro atoms. The van der Waals surface area contributed by atoms with Crippen LogP contribution >= 0.6 is 11.3 Å². The second-order valence-electron chi connectivity index (χ2n) is 5.53. The van der Waals surface area contributed by atoms with Crippen LogP contribution in [0.5, 0.6) is 0 Å². The van der Waals surface area contributed by atoms with Gasteiger partial charge in [-0.05, 0) is 35.9 Å². The zero-order valence-electron chi connectivity index (χ0n) is 12.5. The topological polar surface area (TPSA) is 42.4 Å². The molecule has 1 saturated heterocycles. The highest BCUT2D eigenvalue weighted by Crippen LogP contribution is 2.17. The van der Waals surface area contributed by atoms with E-state index in [4.69, 9.17) is 4.74 Å². The standard InChI is InChI=1S/C17H20N2O2S/c20-17(10-16-6-3-9-22-16)19-8-2-5-15(12-19)21-13-14-4-1-7-18-11-14/h1,3-4,6-7,9,11,15H,2,5,8,10,12-13H2/t15-/m1/s1. The van der Waals surface area contributed by atoms with Gasteiger partial charge in [0.25, 0.3) is 0 Å². The highest BCUT2D eigenvalue weighted by atomic mass is 32.1. The van der Waals surface area contributed by atoms with Gasteiger partial charge in [0.15, 0.2) is 0 Å². The van der Waals surface area contributed by atoms with Crippen LogP contribution in [0.4, 0.5) is 0 Å². The Labute approximate surface area is 134 Å². The number of aromatic nitrogens is 1. The van der Waals surface area contributed by atoms with Crippen LogP contribution in [0.25, 0.3) is 0 Å². The molecule has 1 amide bonds. The number of thiophene rings is 1. The first-order valence-corrected chi connectivity index (χ1v) is 8.50. The van der Waals surface area contributed by atoms with Crippen molar-refractivity contribution in [3.8, 4) is 0 Å². The molecule has 5 heteroatoms. The Morgan fingerprint density at radius 3 is 3.14 bits per heavy atom. The van der Waals surface area contributed by atoms with Gasteiger partial charge in [0, 0.05) is 30.4 Å². The summed E-state index contributed by atoms with van der Waals surface area (Å²) >= 11 is 1.64. The van der Waals surface area contributed by atoms with Gasteiger partial charge in [-0.1, -0.05) is 12.1 Å². The van der Waals surface area contributed by atoms with Crippen molar-refractivity contribution in [2.45, 2.75) is 32.0 Å². The Hall–Kier alpha value is -1.72. The van der Waals surface area contributed by atoms with E-state index in [2.05, 4.69) is 4.98 Å². The molecule has 0 aromatic carbocycles. The fraction of sp³-hybridized carbons (Fsp3) is 0.412. The SMILES string of the molecule is O=C(Cc1cccs1)N1CCC[C@@H](OCc2cccnc2)C1. The number of rotatable bonds is 5. The molecule has 3 heterocycles. The van der Waals surface area contributed by atoms with Crippen LogP contribution in [0.2, 0.25) is 0 Å². The molecule has 1 fully saturated rings. The number of pyridine rings is 1. The maximum Gasteiger partial charge on any atom is 0.227 e. The third kappa shape index (κ3) is 4.15. The summed E-state index contributed by atoms with van der Waals surface area (Å²) in [6.07, 6.45) is 6.24. The van der Waals surface area contributed by atoms with E-state index in [1.165, 1.54) is 0 Å². The second-order valence-corrected chi connectivity index (χ2v) is 6.56. The molecule has 2 aromatic rings. The number of piperidine rings is 1. The van der Waals surface area contributed by atoms with Crippen molar-refractivity contribution >= 4 is 17.2 Å². The van der Waals surface area contributed by atoms with E-state index in [9.17, 15) is 4.79 Å². The summed E-state index contributed by atoms with van der Waals surface area (Å²) in [5.41, 5.74) is 1.07. The van der Waals surface area contributed by atoms with E-state index in [-0.39, 0.29) is 12.0 Å². The maximum atomic E-state index is 12.4. The number of carbonyl (C=O) groups is 1. The molecule has 0 saturated carbocycles. The molecule has 22 heavy (non-hydrogen) atoms. The first-order valence-electron chi connectivity index (χ1n) is 7.62. The summed E-state index contributed by atoms with van der Waals surface area (Å²) in [5.74, 6) is 0.206. The van der Waals surface area contributed by atoms with Crippen molar-refractivity contribution in [3.63, 3.8) is 0 Å². The number of hydrogen-bond donors (Lipinski definition) is 0. The molecule has 1 aliphatic heterocycles. The fourth-order valence-electron chi connectivity index (χ4n) is 2.67. The summed E-state index contributed by atoms with van der Waals surface area (Å²) < 4.78 is 5.95. The normalized spacial score (nSPS) is 18.4. The van der Waals surface area contributed by atoms with Crippen LogP contribution in [0.15, 0.2) is 42.0 Å². The van der Waals surface area contributed by atoms with Gasteiger partial charge in [0.05, 0.1) is 19.1 Å².